The van der Waals surface area contributed by atoms with E-state index in [9.17, 15) is 14.4 Å². The number of ether oxygens (including phenoxy) is 1. The molecule has 0 aromatic carbocycles. The number of hydrogen-bond donors (Lipinski definition) is 1. The Morgan fingerprint density at radius 1 is 1.33 bits per heavy atom. The molecule has 1 aromatic rings. The third-order valence-electron chi connectivity index (χ3n) is 5.94. The fraction of sp³-hybridized carbons (Fsp3) is 0.667. The lowest BCUT2D eigenvalue weighted by atomic mass is 9.84. The van der Waals surface area contributed by atoms with Gasteiger partial charge in [-0.25, -0.2) is 0 Å². The molecule has 6 nitrogen and oxygen atoms in total. The number of nitrogens with zero attached hydrogens (tertiary/aromatic N) is 1. The third-order valence-corrected chi connectivity index (χ3v) is 8.04. The Morgan fingerprint density at radius 2 is 2.10 bits per heavy atom. The van der Waals surface area contributed by atoms with Crippen LogP contribution in [-0.2, 0) is 14.3 Å². The van der Waals surface area contributed by atoms with Gasteiger partial charge in [-0.1, -0.05) is 48.0 Å². The van der Waals surface area contributed by atoms with Gasteiger partial charge in [-0.3, -0.25) is 14.4 Å². The van der Waals surface area contributed by atoms with Crippen LogP contribution in [-0.4, -0.2) is 62.6 Å². The van der Waals surface area contributed by atoms with Crippen molar-refractivity contribution in [3.63, 3.8) is 0 Å². The average Bonchev–Trinajstić information content (AvgIpc) is 3.27. The van der Waals surface area contributed by atoms with Crippen LogP contribution < -0.4 is 5.32 Å². The maximum Gasteiger partial charge on any atom is 0.252 e. The SMILES string of the molecule is O=C1CO[C@@]([SiH3])(Br)CCCN(C(=O)[C@H](CC2CCCCC2)NC(=O)c2ccsc2)C1. The van der Waals surface area contributed by atoms with Gasteiger partial charge in [0.1, 0.15) is 16.8 Å². The molecule has 1 aliphatic heterocycles. The number of carbonyl (C=O) groups excluding carboxylic acids is 3. The van der Waals surface area contributed by atoms with E-state index >= 15 is 0 Å². The van der Waals surface area contributed by atoms with Crippen molar-refractivity contribution < 1.29 is 19.1 Å². The fourth-order valence-corrected chi connectivity index (χ4v) is 5.78. The van der Waals surface area contributed by atoms with Gasteiger partial charge in [0.05, 0.1) is 22.4 Å². The predicted molar refractivity (Wildman–Crippen MR) is 125 cm³/mol. The summed E-state index contributed by atoms with van der Waals surface area (Å²) in [5, 5.41) is 6.62. The summed E-state index contributed by atoms with van der Waals surface area (Å²) < 4.78 is 5.29. The van der Waals surface area contributed by atoms with E-state index in [2.05, 4.69) is 21.2 Å². The van der Waals surface area contributed by atoms with Crippen molar-refractivity contribution in [3.05, 3.63) is 22.4 Å². The zero-order valence-corrected chi connectivity index (χ0v) is 21.9. The summed E-state index contributed by atoms with van der Waals surface area (Å²) in [6.45, 7) is 0.547. The van der Waals surface area contributed by atoms with E-state index in [1.54, 1.807) is 16.3 Å². The Bertz CT molecular complexity index is 737. The number of carbonyl (C=O) groups is 3. The summed E-state index contributed by atoms with van der Waals surface area (Å²) in [4.78, 5) is 40.2. The van der Waals surface area contributed by atoms with Crippen molar-refractivity contribution in [1.82, 2.24) is 10.2 Å². The van der Waals surface area contributed by atoms with Gasteiger partial charge in [-0.05, 0) is 36.6 Å². The first kappa shape index (κ1) is 23.6. The molecule has 1 saturated heterocycles. The molecule has 2 atom stereocenters. The van der Waals surface area contributed by atoms with E-state index < -0.39 is 10.2 Å². The molecule has 2 heterocycles. The molecule has 0 bridgehead atoms. The maximum absolute atomic E-state index is 13.5. The summed E-state index contributed by atoms with van der Waals surface area (Å²) in [5.41, 5.74) is 0.579. The first-order valence-electron chi connectivity index (χ1n) is 10.8. The summed E-state index contributed by atoms with van der Waals surface area (Å²) in [7, 11) is 0.757. The van der Waals surface area contributed by atoms with E-state index in [1.807, 2.05) is 5.38 Å². The quantitative estimate of drug-likeness (QED) is 0.483. The number of amides is 2. The van der Waals surface area contributed by atoms with Gasteiger partial charge in [-0.2, -0.15) is 11.3 Å². The van der Waals surface area contributed by atoms with E-state index in [0.717, 1.165) is 35.9 Å². The minimum absolute atomic E-state index is 0.00703. The van der Waals surface area contributed by atoms with Crippen LogP contribution in [0.5, 0.6) is 0 Å². The second-order valence-electron chi connectivity index (χ2n) is 8.57. The van der Waals surface area contributed by atoms with Crippen molar-refractivity contribution in [2.24, 2.45) is 5.92 Å². The highest BCUT2D eigenvalue weighted by Crippen LogP contribution is 2.28. The average molecular weight is 516 g/mol. The Hall–Kier alpha value is -1.03. The fourth-order valence-electron chi connectivity index (χ4n) is 4.25. The Kier molecular flexibility index (Phi) is 8.68. The van der Waals surface area contributed by atoms with Crippen LogP contribution in [0.3, 0.4) is 0 Å². The molecule has 2 amide bonds. The Balaban J connectivity index is 1.73. The maximum atomic E-state index is 13.5. The van der Waals surface area contributed by atoms with Gasteiger partial charge in [0.2, 0.25) is 5.91 Å². The normalized spacial score (nSPS) is 25.2. The number of alkyl halides is 1. The molecule has 0 radical (unpaired) electrons. The van der Waals surface area contributed by atoms with Crippen LogP contribution in [0.2, 0.25) is 0 Å². The van der Waals surface area contributed by atoms with Crippen LogP contribution >= 0.6 is 27.3 Å². The number of nitrogens with one attached hydrogen (secondary N) is 1. The highest BCUT2D eigenvalue weighted by atomic mass is 79.9. The zero-order chi connectivity index (χ0) is 21.6. The number of rotatable bonds is 5. The van der Waals surface area contributed by atoms with Crippen molar-refractivity contribution in [2.75, 3.05) is 19.7 Å². The molecule has 0 spiro atoms. The summed E-state index contributed by atoms with van der Waals surface area (Å²) in [6.07, 6.45) is 7.93. The monoisotopic (exact) mass is 514 g/mol. The number of thiophene rings is 1. The van der Waals surface area contributed by atoms with Gasteiger partial charge in [0, 0.05) is 11.9 Å². The summed E-state index contributed by atoms with van der Waals surface area (Å²) >= 11 is 5.03. The van der Waals surface area contributed by atoms with Gasteiger partial charge < -0.3 is 15.0 Å². The van der Waals surface area contributed by atoms with Crippen LogP contribution in [0.25, 0.3) is 0 Å². The molecule has 1 aromatic heterocycles. The van der Waals surface area contributed by atoms with E-state index in [4.69, 9.17) is 4.74 Å². The molecule has 1 saturated carbocycles. The Labute approximate surface area is 193 Å². The van der Waals surface area contributed by atoms with Crippen LogP contribution in [0.1, 0.15) is 61.7 Å². The van der Waals surface area contributed by atoms with E-state index in [-0.39, 0.29) is 30.7 Å². The second-order valence-corrected chi connectivity index (χ2v) is 14.1. The topological polar surface area (TPSA) is 75.7 Å². The van der Waals surface area contributed by atoms with Crippen molar-refractivity contribution >= 4 is 55.1 Å². The van der Waals surface area contributed by atoms with Crippen molar-refractivity contribution in [3.8, 4) is 0 Å². The lowest BCUT2D eigenvalue weighted by Gasteiger charge is -2.30. The molecule has 0 unspecified atom stereocenters. The predicted octanol–water partition coefficient (Wildman–Crippen LogP) is 2.44. The van der Waals surface area contributed by atoms with Crippen LogP contribution in [0, 0.1) is 5.92 Å². The van der Waals surface area contributed by atoms with Gasteiger partial charge >= 0.3 is 0 Å². The van der Waals surface area contributed by atoms with Crippen LogP contribution in [0.4, 0.5) is 0 Å². The van der Waals surface area contributed by atoms with E-state index in [0.29, 0.717) is 24.4 Å². The number of halogens is 1. The summed E-state index contributed by atoms with van der Waals surface area (Å²) in [5.74, 6) is -0.0364. The molecular formula is C21H31BrN2O4SSi. The lowest BCUT2D eigenvalue weighted by molar-refractivity contribution is -0.138. The molecule has 9 heteroatoms. The van der Waals surface area contributed by atoms with Gasteiger partial charge in [-0.15, -0.1) is 0 Å². The molecule has 3 rings (SSSR count). The minimum atomic E-state index is -0.597. The number of Topliss-reactive ketones (excluding diaryl/α,β-unsaturated/α-hetero) is 1. The zero-order valence-electron chi connectivity index (χ0n) is 17.5. The smallest absolute Gasteiger partial charge is 0.252 e. The number of ketones is 1. The molecular weight excluding hydrogens is 484 g/mol. The van der Waals surface area contributed by atoms with Crippen molar-refractivity contribution in [2.45, 2.75) is 61.5 Å². The van der Waals surface area contributed by atoms with Crippen LogP contribution in [0.15, 0.2) is 16.8 Å². The molecule has 30 heavy (non-hydrogen) atoms. The van der Waals surface area contributed by atoms with Crippen molar-refractivity contribution in [1.29, 1.82) is 0 Å². The molecule has 166 valence electrons. The highest BCUT2D eigenvalue weighted by Gasteiger charge is 2.32. The lowest BCUT2D eigenvalue weighted by Crippen LogP contribution is -2.51. The third kappa shape index (κ3) is 7.00. The Morgan fingerprint density at radius 3 is 2.80 bits per heavy atom. The molecule has 1 aliphatic carbocycles. The minimum Gasteiger partial charge on any atom is -0.361 e. The highest BCUT2D eigenvalue weighted by molar-refractivity contribution is 9.10. The standard InChI is InChI=1S/C21H31BrN2O4SSi/c22-21(30)8-4-9-24(12-17(25)13-28-21)20(27)18(11-15-5-2-1-3-6-15)23-19(26)16-7-10-29-14-16/h7,10,14-15,18H,1-6,8-9,11-13H2,30H3,(H,23,26)/t18-,21-/m0/s1. The van der Waals surface area contributed by atoms with E-state index in [1.165, 1.54) is 30.6 Å². The molecule has 1 N–H and O–H groups in total. The van der Waals surface area contributed by atoms with Gasteiger partial charge in [0.25, 0.3) is 5.91 Å². The first-order valence-corrected chi connectivity index (χ1v) is 13.5. The summed E-state index contributed by atoms with van der Waals surface area (Å²) in [6, 6.07) is 1.17. The first-order chi connectivity index (χ1) is 14.3. The molecule has 2 fully saturated rings. The largest absolute Gasteiger partial charge is 0.361 e. The molecule has 2 aliphatic rings. The van der Waals surface area contributed by atoms with Gasteiger partial charge in [0.15, 0.2) is 5.78 Å². The second kappa shape index (κ2) is 11.0. The number of hydrogen-bond acceptors (Lipinski definition) is 5.